The molecule has 0 spiro atoms. The summed E-state index contributed by atoms with van der Waals surface area (Å²) in [5, 5.41) is 23.4. The molecule has 10 heterocycles. The number of carbonyl (C=O) groups excluding carboxylic acids is 8. The number of H-pyrrole nitrogens is 2. The fraction of sp³-hybridized carbons (Fsp3) is 0.462. The molecule has 4 saturated heterocycles. The Kier molecular flexibility index (Phi) is 30.1. The second-order valence-electron chi connectivity index (χ2n) is 39.3. The molecule has 4 fully saturated rings. The Morgan fingerprint density at radius 2 is 0.827 bits per heavy atom. The molecular formula is C106H128N14O19. The molecule has 0 radical (unpaired) electrons. The highest BCUT2D eigenvalue weighted by Crippen LogP contribution is 2.49. The van der Waals surface area contributed by atoms with Crippen molar-refractivity contribution in [2.45, 2.75) is 202 Å². The van der Waals surface area contributed by atoms with Gasteiger partial charge in [-0.05, 0) is 233 Å². The van der Waals surface area contributed by atoms with Crippen LogP contribution in [0.3, 0.4) is 0 Å². The number of hydrogen-bond donors (Lipinski definition) is 7. The molecule has 8 aliphatic heterocycles. The molecule has 0 saturated carbocycles. The highest BCUT2D eigenvalue weighted by Gasteiger charge is 2.47. The minimum absolute atomic E-state index is 0. The molecule has 139 heavy (non-hydrogen) atoms. The van der Waals surface area contributed by atoms with Crippen LogP contribution >= 0.6 is 0 Å². The Morgan fingerprint density at radius 3 is 1.21 bits per heavy atom. The standard InChI is InChI=1S/C50H57N7O8.C48H54N6O7.C7H13NO4.CH4/c1-26(2)44(54-49(60)63-6)47(58)56-16-8-9-41(56)46-52-38-15-11-30(20-39(38)53-46)29-10-13-33-32(18-29)25-65-43-22-34-31(19-36(33)43)12-14-37-35(34)21-40(51-37)42-17-28(24-62-5)23-57(42)48(59)45(27(3)4)55-50(61)64-7;1-26(2)43(52-46(56)59-7)45(55)53-16-8-9-40(53)44-50-37-15-11-29(20-38(37)51-44)28-10-13-32-31(18-28)25-60-42-22-33-30(19-35(32)42)12-14-36-34(33)21-39(49-36)41-17-27(24-58-6)23-54(41)47(57)61-48(3,4)5;1-4(2)5(6(9)10)8-7(11)12-3;/h10-15,18-20,22,26-28,41-42,44-45H,8-9,16-17,21,23-25H2,1-7H3,(H,52,53)(H,54,60)(H,55,61);10-15,18-20,22,26-27,40-41,43H,8-9,16-17,21,23-25H2,1-7H3,(H,50,51)(H,52,56);4-5H,1-3H3,(H,8,11)(H,9,10);1H4/t28-,41-,42-,44-,45-;27-,40-,41-,43-;5-;/m000./s1. The van der Waals surface area contributed by atoms with Gasteiger partial charge < -0.3 is 93.7 Å². The van der Waals surface area contributed by atoms with Crippen LogP contribution in [0.15, 0.2) is 131 Å². The second-order valence-corrected chi connectivity index (χ2v) is 39.3. The number of nitrogens with zero attached hydrogens (tertiary/aromatic N) is 8. The fourth-order valence-corrected chi connectivity index (χ4v) is 20.5. The van der Waals surface area contributed by atoms with Crippen LogP contribution in [0.4, 0.5) is 35.3 Å². The zero-order valence-electron chi connectivity index (χ0n) is 81.3. The van der Waals surface area contributed by atoms with E-state index >= 15 is 0 Å². The van der Waals surface area contributed by atoms with E-state index in [-0.39, 0.29) is 90.9 Å². The number of aliphatic imine (C=N–C) groups is 2. The second kappa shape index (κ2) is 41.9. The van der Waals surface area contributed by atoms with Crippen molar-refractivity contribution in [3.8, 4) is 56.0 Å². The van der Waals surface area contributed by atoms with Crippen LogP contribution in [0.2, 0.25) is 0 Å². The molecule has 18 rings (SSSR count). The van der Waals surface area contributed by atoms with E-state index in [9.17, 15) is 43.2 Å². The minimum Gasteiger partial charge on any atom is -0.488 e. The number of aromatic amines is 2. The first kappa shape index (κ1) is 99.8. The maximum absolute atomic E-state index is 14.1. The Labute approximate surface area is 808 Å². The summed E-state index contributed by atoms with van der Waals surface area (Å²) in [4.78, 5) is 147. The summed E-state index contributed by atoms with van der Waals surface area (Å²) in [5.74, 6) is 1.47. The van der Waals surface area contributed by atoms with Gasteiger partial charge in [0.05, 0.1) is 99.3 Å². The van der Waals surface area contributed by atoms with Gasteiger partial charge in [-0.3, -0.25) is 29.3 Å². The smallest absolute Gasteiger partial charge is 0.410 e. The molecule has 10 atom stereocenters. The average Bonchev–Trinajstić information content (AvgIpc) is 1.70. The number of methoxy groups -OCH3 is 6. The summed E-state index contributed by atoms with van der Waals surface area (Å²) in [5.41, 5.74) is 19.6. The van der Waals surface area contributed by atoms with Crippen molar-refractivity contribution in [2.24, 2.45) is 45.5 Å². The number of carbonyl (C=O) groups is 9. The molecule has 7 N–H and O–H groups in total. The third kappa shape index (κ3) is 21.0. The predicted octanol–water partition coefficient (Wildman–Crippen LogP) is 17.8. The van der Waals surface area contributed by atoms with Gasteiger partial charge >= 0.3 is 36.4 Å². The van der Waals surface area contributed by atoms with Crippen LogP contribution in [0.1, 0.15) is 168 Å². The number of ether oxygens (including phenoxy) is 9. The zero-order chi connectivity index (χ0) is 98.1. The Balaban J connectivity index is 0.000000187. The van der Waals surface area contributed by atoms with Crippen molar-refractivity contribution in [3.05, 3.63) is 155 Å². The Bertz CT molecular complexity index is 6450. The number of hydrogen-bond acceptors (Lipinski definition) is 22. The van der Waals surface area contributed by atoms with Crippen LogP contribution in [-0.4, -0.2) is 234 Å². The first-order valence-corrected chi connectivity index (χ1v) is 47.5. The summed E-state index contributed by atoms with van der Waals surface area (Å²) < 4.78 is 48.6. The number of benzene rings is 8. The van der Waals surface area contributed by atoms with Gasteiger partial charge in [-0.2, -0.15) is 0 Å². The molecule has 33 nitrogen and oxygen atoms in total. The van der Waals surface area contributed by atoms with Gasteiger partial charge in [-0.1, -0.05) is 111 Å². The summed E-state index contributed by atoms with van der Waals surface area (Å²) in [6, 6.07) is 38.8. The van der Waals surface area contributed by atoms with Gasteiger partial charge in [-0.25, -0.2) is 38.7 Å². The van der Waals surface area contributed by atoms with E-state index in [0.717, 1.165) is 195 Å². The normalized spacial score (nSPS) is 19.1. The lowest BCUT2D eigenvalue weighted by atomic mass is 9.90. The fourth-order valence-electron chi connectivity index (χ4n) is 20.5. The SMILES string of the molecule is C.COC(=O)N[C@H](C(=O)O)C(C)C.COC[C@H]1C[C@@H](C2=Nc3ccc4cc5c(cc4c3C2)OCc2cc(-c3ccc4nc([C@@H]6CCCN6C(=O)[C@@H](NC(=O)OC)C(C)C)[nH]c4c3)ccc2-5)N(C(=O)OC(C)(C)C)C1.COC[C@H]1C[C@@H](C2=Nc3ccc4cc5c(cc4c3C2)OCc2cc(-c3ccc4nc([C@@H]6CCCN6C(=O)[C@@H](NC(=O)OC)C(C)C)[nH]c4c3)ccc2-5)N(C(=O)[C@@H](NC(=O)OC)C(C)C)C1. The molecule has 2 aromatic heterocycles. The molecule has 0 bridgehead atoms. The molecule has 736 valence electrons. The van der Waals surface area contributed by atoms with E-state index in [1.165, 1.54) is 28.4 Å². The number of fused-ring (bicyclic) bond motifs is 14. The van der Waals surface area contributed by atoms with Gasteiger partial charge in [0.25, 0.3) is 0 Å². The number of carboxylic acids is 1. The number of alkyl carbamates (subject to hydrolysis) is 4. The zero-order valence-corrected chi connectivity index (χ0v) is 81.3. The first-order valence-electron chi connectivity index (χ1n) is 47.5. The van der Waals surface area contributed by atoms with Crippen LogP contribution in [0.5, 0.6) is 11.5 Å². The lowest BCUT2D eigenvalue weighted by molar-refractivity contribution is -0.140. The number of carboxylic acid groups (broad SMARTS) is 1. The molecule has 33 heteroatoms. The third-order valence-electron chi connectivity index (χ3n) is 27.4. The Morgan fingerprint density at radius 1 is 0.453 bits per heavy atom. The van der Waals surface area contributed by atoms with Gasteiger partial charge in [0, 0.05) is 87.6 Å². The number of imidazole rings is 2. The monoisotopic (exact) mass is 1900 g/mol. The highest BCUT2D eigenvalue weighted by atomic mass is 16.6. The molecular weight excluding hydrogens is 1770 g/mol. The number of aromatic nitrogens is 4. The number of aliphatic carboxylic acids is 1. The van der Waals surface area contributed by atoms with Crippen molar-refractivity contribution < 1.29 is 90.9 Å². The highest BCUT2D eigenvalue weighted by molar-refractivity contribution is 6.09. The topological polar surface area (TPSA) is 400 Å². The maximum Gasteiger partial charge on any atom is 0.410 e. The van der Waals surface area contributed by atoms with E-state index in [1.54, 1.807) is 28.1 Å². The number of rotatable bonds is 22. The Hall–Kier alpha value is -13.7. The van der Waals surface area contributed by atoms with Gasteiger partial charge in [0.2, 0.25) is 17.7 Å². The van der Waals surface area contributed by atoms with Crippen LogP contribution in [-0.2, 0) is 78.4 Å². The largest absolute Gasteiger partial charge is 0.488 e. The number of likely N-dealkylation sites (tertiary alicyclic amines) is 4. The van der Waals surface area contributed by atoms with Crippen molar-refractivity contribution >= 4 is 121 Å². The molecule has 0 aliphatic carbocycles. The van der Waals surface area contributed by atoms with Crippen molar-refractivity contribution in [3.63, 3.8) is 0 Å². The number of nitrogens with one attached hydrogen (secondary N) is 6. The number of amides is 8. The van der Waals surface area contributed by atoms with Crippen LogP contribution < -0.4 is 30.7 Å². The summed E-state index contributed by atoms with van der Waals surface area (Å²) in [6.45, 7) is 24.8. The first-order chi connectivity index (χ1) is 66.1. The van der Waals surface area contributed by atoms with Gasteiger partial charge in [0.15, 0.2) is 0 Å². The molecule has 8 amide bonds. The third-order valence-corrected chi connectivity index (χ3v) is 27.4. The van der Waals surface area contributed by atoms with E-state index < -0.39 is 60.1 Å². The maximum atomic E-state index is 14.1. The van der Waals surface area contributed by atoms with Crippen molar-refractivity contribution in [1.82, 2.24) is 60.8 Å². The molecule has 0 unspecified atom stereocenters. The van der Waals surface area contributed by atoms with Crippen molar-refractivity contribution in [2.75, 3.05) is 82.1 Å². The lowest BCUT2D eigenvalue weighted by Crippen LogP contribution is -2.53. The van der Waals surface area contributed by atoms with Crippen LogP contribution in [0, 0.1) is 35.5 Å². The van der Waals surface area contributed by atoms with E-state index in [4.69, 9.17) is 63.0 Å². The molecule has 8 aliphatic rings. The molecule has 8 aromatic carbocycles. The molecule has 10 aromatic rings. The summed E-state index contributed by atoms with van der Waals surface area (Å²) in [7, 11) is 8.46. The summed E-state index contributed by atoms with van der Waals surface area (Å²) >= 11 is 0. The predicted molar refractivity (Wildman–Crippen MR) is 530 cm³/mol. The lowest BCUT2D eigenvalue weighted by Gasteiger charge is -2.31. The van der Waals surface area contributed by atoms with E-state index in [0.29, 0.717) is 65.4 Å². The van der Waals surface area contributed by atoms with Crippen LogP contribution in [0.25, 0.3) is 88.1 Å². The summed E-state index contributed by atoms with van der Waals surface area (Å²) in [6.07, 6.45) is 3.09. The van der Waals surface area contributed by atoms with Gasteiger partial charge in [0.1, 0.15) is 66.1 Å². The quantitative estimate of drug-likeness (QED) is 0.0310. The minimum atomic E-state index is -1.06. The van der Waals surface area contributed by atoms with E-state index in [1.807, 2.05) is 94.0 Å². The van der Waals surface area contributed by atoms with E-state index in [2.05, 4.69) is 145 Å². The van der Waals surface area contributed by atoms with Gasteiger partial charge in [-0.15, -0.1) is 0 Å². The average molecular weight is 1900 g/mol. The van der Waals surface area contributed by atoms with Crippen molar-refractivity contribution in [1.29, 1.82) is 0 Å².